The number of carbonyl (C=O) groups is 1. The summed E-state index contributed by atoms with van der Waals surface area (Å²) in [5, 5.41) is 0. The summed E-state index contributed by atoms with van der Waals surface area (Å²) in [7, 11) is 0. The second-order valence-corrected chi connectivity index (χ2v) is 4.81. The van der Waals surface area contributed by atoms with E-state index in [1.165, 1.54) is 0 Å². The predicted molar refractivity (Wildman–Crippen MR) is 68.1 cm³/mol. The quantitative estimate of drug-likeness (QED) is 0.782. The number of thioether (sulfide) groups is 1. The molecule has 1 aromatic heterocycles. The Hall–Kier alpha value is -1.81. The number of Topliss-reactive ketones (excluding diaryl/α,β-unsaturated/α-hetero) is 1. The van der Waals surface area contributed by atoms with E-state index in [1.54, 1.807) is 24.3 Å². The van der Waals surface area contributed by atoms with Crippen molar-refractivity contribution in [3.05, 3.63) is 53.6 Å². The molecule has 0 spiro atoms. The van der Waals surface area contributed by atoms with Gasteiger partial charge < -0.3 is 4.98 Å². The highest BCUT2D eigenvalue weighted by molar-refractivity contribution is 7.99. The molecule has 3 nitrogen and oxygen atoms in total. The Morgan fingerprint density at radius 1 is 1.35 bits per heavy atom. The second-order valence-electron chi connectivity index (χ2n) is 3.79. The molecule has 0 atom stereocenters. The smallest absolute Gasteiger partial charge is 0.191 e. The van der Waals surface area contributed by atoms with Crippen LogP contribution in [-0.2, 0) is 0 Å². The van der Waals surface area contributed by atoms with Gasteiger partial charge in [0.2, 0.25) is 0 Å². The number of hydrogen-bond donors (Lipinski definition) is 1. The highest BCUT2D eigenvalue weighted by Crippen LogP contribution is 2.32. The van der Waals surface area contributed by atoms with E-state index in [-0.39, 0.29) is 5.78 Å². The van der Waals surface area contributed by atoms with Crippen molar-refractivity contribution in [1.29, 1.82) is 0 Å². The molecule has 3 rings (SSSR count). The zero-order chi connectivity index (χ0) is 11.7. The van der Waals surface area contributed by atoms with Crippen molar-refractivity contribution in [3.8, 4) is 0 Å². The Labute approximate surface area is 103 Å². The summed E-state index contributed by atoms with van der Waals surface area (Å²) in [6.07, 6.45) is 5.20. The molecule has 1 N–H and O–H groups in total. The standard InChI is InChI=1S/C13H10N2OS/c16-13-9(5-10-6-14-8-15-10)7-17-12-4-2-1-3-11(12)13/h1-6,8H,7H2,(H,14,15). The molecular weight excluding hydrogens is 232 g/mol. The summed E-state index contributed by atoms with van der Waals surface area (Å²) in [6.45, 7) is 0. The maximum Gasteiger partial charge on any atom is 0.191 e. The number of benzene rings is 1. The topological polar surface area (TPSA) is 45.8 Å². The van der Waals surface area contributed by atoms with E-state index in [0.29, 0.717) is 0 Å². The van der Waals surface area contributed by atoms with Crippen LogP contribution >= 0.6 is 11.8 Å². The Kier molecular flexibility index (Phi) is 2.57. The Morgan fingerprint density at radius 3 is 3.06 bits per heavy atom. The molecular formula is C13H10N2OS. The minimum absolute atomic E-state index is 0.119. The van der Waals surface area contributed by atoms with Gasteiger partial charge in [0.15, 0.2) is 5.78 Å². The molecule has 1 aliphatic rings. The number of fused-ring (bicyclic) bond motifs is 1. The van der Waals surface area contributed by atoms with Crippen LogP contribution in [0.5, 0.6) is 0 Å². The van der Waals surface area contributed by atoms with Crippen LogP contribution in [0.1, 0.15) is 16.1 Å². The van der Waals surface area contributed by atoms with E-state index in [0.717, 1.165) is 27.5 Å². The van der Waals surface area contributed by atoms with Gasteiger partial charge in [-0.3, -0.25) is 4.79 Å². The van der Waals surface area contributed by atoms with Gasteiger partial charge in [0.25, 0.3) is 0 Å². The van der Waals surface area contributed by atoms with E-state index in [2.05, 4.69) is 9.97 Å². The zero-order valence-electron chi connectivity index (χ0n) is 9.01. The average molecular weight is 242 g/mol. The van der Waals surface area contributed by atoms with Crippen molar-refractivity contribution < 1.29 is 4.79 Å². The first kappa shape index (κ1) is 10.4. The molecule has 0 aliphatic carbocycles. The van der Waals surface area contributed by atoms with Gasteiger partial charge in [-0.25, -0.2) is 4.98 Å². The number of carbonyl (C=O) groups excluding carboxylic acids is 1. The molecule has 2 aromatic rings. The first-order chi connectivity index (χ1) is 8.34. The third-order valence-electron chi connectivity index (χ3n) is 2.66. The molecule has 1 aliphatic heterocycles. The molecule has 0 unspecified atom stereocenters. The summed E-state index contributed by atoms with van der Waals surface area (Å²) in [5.41, 5.74) is 2.49. The van der Waals surface area contributed by atoms with Crippen LogP contribution in [0.4, 0.5) is 0 Å². The summed E-state index contributed by atoms with van der Waals surface area (Å²) < 4.78 is 0. The number of rotatable bonds is 1. The number of imidazole rings is 1. The molecule has 17 heavy (non-hydrogen) atoms. The molecule has 0 saturated heterocycles. The third-order valence-corrected chi connectivity index (χ3v) is 3.78. The van der Waals surface area contributed by atoms with Crippen LogP contribution in [0.25, 0.3) is 6.08 Å². The van der Waals surface area contributed by atoms with Gasteiger partial charge in [0, 0.05) is 21.8 Å². The minimum atomic E-state index is 0.119. The van der Waals surface area contributed by atoms with Crippen molar-refractivity contribution >= 4 is 23.6 Å². The van der Waals surface area contributed by atoms with E-state index < -0.39 is 0 Å². The van der Waals surface area contributed by atoms with Gasteiger partial charge in [-0.05, 0) is 18.2 Å². The maximum atomic E-state index is 12.2. The SMILES string of the molecule is O=C1C(=Cc2cnc[nH]2)CSc2ccccc21. The lowest BCUT2D eigenvalue weighted by atomic mass is 10.0. The Bertz CT molecular complexity index is 587. The van der Waals surface area contributed by atoms with Crippen molar-refractivity contribution in [2.24, 2.45) is 0 Å². The highest BCUT2D eigenvalue weighted by Gasteiger charge is 2.21. The summed E-state index contributed by atoms with van der Waals surface area (Å²) in [6, 6.07) is 7.73. The lowest BCUT2D eigenvalue weighted by Crippen LogP contribution is -2.12. The fourth-order valence-corrected chi connectivity index (χ4v) is 2.83. The van der Waals surface area contributed by atoms with Gasteiger partial charge in [-0.2, -0.15) is 0 Å². The fourth-order valence-electron chi connectivity index (χ4n) is 1.81. The van der Waals surface area contributed by atoms with Gasteiger partial charge in [-0.15, -0.1) is 11.8 Å². The highest BCUT2D eigenvalue weighted by atomic mass is 32.2. The van der Waals surface area contributed by atoms with Gasteiger partial charge in [0.05, 0.1) is 18.2 Å². The zero-order valence-corrected chi connectivity index (χ0v) is 9.83. The monoisotopic (exact) mass is 242 g/mol. The molecule has 0 bridgehead atoms. The van der Waals surface area contributed by atoms with Crippen molar-refractivity contribution in [2.45, 2.75) is 4.90 Å². The van der Waals surface area contributed by atoms with E-state index >= 15 is 0 Å². The second kappa shape index (κ2) is 4.22. The molecule has 2 heterocycles. The number of H-pyrrole nitrogens is 1. The molecule has 4 heteroatoms. The maximum absolute atomic E-state index is 12.2. The van der Waals surface area contributed by atoms with Gasteiger partial charge >= 0.3 is 0 Å². The van der Waals surface area contributed by atoms with Gasteiger partial charge in [0.1, 0.15) is 0 Å². The lowest BCUT2D eigenvalue weighted by molar-refractivity contribution is 0.103. The number of nitrogens with one attached hydrogen (secondary N) is 1. The Morgan fingerprint density at radius 2 is 2.24 bits per heavy atom. The number of hydrogen-bond acceptors (Lipinski definition) is 3. The Balaban J connectivity index is 2.00. The first-order valence-electron chi connectivity index (χ1n) is 5.30. The summed E-state index contributed by atoms with van der Waals surface area (Å²) >= 11 is 1.70. The minimum Gasteiger partial charge on any atom is -0.345 e. The molecule has 84 valence electrons. The van der Waals surface area contributed by atoms with E-state index in [9.17, 15) is 4.79 Å². The normalized spacial score (nSPS) is 17.2. The summed E-state index contributed by atoms with van der Waals surface area (Å²) in [4.78, 5) is 20.2. The number of aromatic nitrogens is 2. The predicted octanol–water partition coefficient (Wildman–Crippen LogP) is 2.78. The molecule has 0 saturated carbocycles. The molecule has 0 amide bonds. The van der Waals surface area contributed by atoms with Crippen molar-refractivity contribution in [1.82, 2.24) is 9.97 Å². The largest absolute Gasteiger partial charge is 0.345 e. The summed E-state index contributed by atoms with van der Waals surface area (Å²) in [5.74, 6) is 0.837. The van der Waals surface area contributed by atoms with Crippen LogP contribution in [-0.4, -0.2) is 21.5 Å². The van der Waals surface area contributed by atoms with E-state index in [1.807, 2.05) is 30.3 Å². The lowest BCUT2D eigenvalue weighted by Gasteiger charge is -2.16. The van der Waals surface area contributed by atoms with Crippen LogP contribution in [0.3, 0.4) is 0 Å². The van der Waals surface area contributed by atoms with Crippen LogP contribution in [0.2, 0.25) is 0 Å². The first-order valence-corrected chi connectivity index (χ1v) is 6.28. The van der Waals surface area contributed by atoms with Crippen molar-refractivity contribution in [2.75, 3.05) is 5.75 Å². The number of ketones is 1. The third kappa shape index (κ3) is 1.91. The van der Waals surface area contributed by atoms with Crippen LogP contribution in [0, 0.1) is 0 Å². The van der Waals surface area contributed by atoms with Crippen LogP contribution in [0.15, 0.2) is 47.3 Å². The number of aromatic amines is 1. The van der Waals surface area contributed by atoms with Gasteiger partial charge in [-0.1, -0.05) is 12.1 Å². The van der Waals surface area contributed by atoms with Crippen molar-refractivity contribution in [3.63, 3.8) is 0 Å². The fraction of sp³-hybridized carbons (Fsp3) is 0.0769. The molecule has 1 aromatic carbocycles. The number of nitrogens with zero attached hydrogens (tertiary/aromatic N) is 1. The molecule has 0 radical (unpaired) electrons. The van der Waals surface area contributed by atoms with E-state index in [4.69, 9.17) is 0 Å². The average Bonchev–Trinajstić information content (AvgIpc) is 2.86. The van der Waals surface area contributed by atoms with Crippen LogP contribution < -0.4 is 0 Å². The molecule has 0 fully saturated rings.